The van der Waals surface area contributed by atoms with Gasteiger partial charge in [-0.2, -0.15) is 0 Å². The van der Waals surface area contributed by atoms with Crippen LogP contribution in [0.15, 0.2) is 60.7 Å². The van der Waals surface area contributed by atoms with Gasteiger partial charge in [-0.25, -0.2) is 0 Å². The molecule has 134 valence electrons. The largest absolute Gasteiger partial charge is 0.462 e. The molecule has 0 aliphatic heterocycles. The molecule has 0 aliphatic carbocycles. The van der Waals surface area contributed by atoms with Gasteiger partial charge in [0.2, 0.25) is 0 Å². The van der Waals surface area contributed by atoms with Gasteiger partial charge >= 0.3 is 5.97 Å². The van der Waals surface area contributed by atoms with Crippen LogP contribution in [-0.4, -0.2) is 18.6 Å². The Morgan fingerprint density at radius 1 is 1.00 bits per heavy atom. The lowest BCUT2D eigenvalue weighted by Crippen LogP contribution is -2.27. The molecule has 0 fully saturated rings. The minimum Gasteiger partial charge on any atom is -0.462 e. The molecule has 0 amide bonds. The molecule has 3 heteroatoms. The smallest absolute Gasteiger partial charge is 0.302 e. The number of nitrogens with one attached hydrogen (secondary N) is 1. The van der Waals surface area contributed by atoms with E-state index in [1.54, 1.807) is 0 Å². The molecule has 0 bridgehead atoms. The summed E-state index contributed by atoms with van der Waals surface area (Å²) in [6, 6.07) is 20.8. The predicted octanol–water partition coefficient (Wildman–Crippen LogP) is 4.37. The van der Waals surface area contributed by atoms with E-state index < -0.39 is 0 Å². The van der Waals surface area contributed by atoms with Crippen LogP contribution in [0.5, 0.6) is 0 Å². The molecule has 0 aliphatic rings. The molecule has 0 unspecified atom stereocenters. The van der Waals surface area contributed by atoms with Crippen molar-refractivity contribution in [1.29, 1.82) is 0 Å². The van der Waals surface area contributed by atoms with E-state index in [0.717, 1.165) is 32.4 Å². The summed E-state index contributed by atoms with van der Waals surface area (Å²) in [5.74, 6) is 0.113. The molecule has 2 atom stereocenters. The van der Waals surface area contributed by atoms with Crippen LogP contribution in [0, 0.1) is 5.92 Å². The topological polar surface area (TPSA) is 38.3 Å². The Morgan fingerprint density at radius 3 is 2.20 bits per heavy atom. The predicted molar refractivity (Wildman–Crippen MR) is 102 cm³/mol. The quantitative estimate of drug-likeness (QED) is 0.516. The fourth-order valence-corrected chi connectivity index (χ4v) is 3.05. The molecule has 0 radical (unpaired) electrons. The van der Waals surface area contributed by atoms with Crippen molar-refractivity contribution in [3.63, 3.8) is 0 Å². The molecule has 2 aromatic carbocycles. The van der Waals surface area contributed by atoms with Crippen LogP contribution in [-0.2, 0) is 22.5 Å². The van der Waals surface area contributed by atoms with Crippen LogP contribution in [0.25, 0.3) is 0 Å². The second-order valence-electron chi connectivity index (χ2n) is 6.62. The Bertz CT molecular complexity index is 612. The summed E-state index contributed by atoms with van der Waals surface area (Å²) in [5.41, 5.74) is 2.57. The first-order chi connectivity index (χ1) is 12.1. The molecule has 3 nitrogen and oxygen atoms in total. The summed E-state index contributed by atoms with van der Waals surface area (Å²) in [4.78, 5) is 11.4. The van der Waals surface area contributed by atoms with Gasteiger partial charge in [-0.3, -0.25) is 4.79 Å². The molecule has 0 aromatic heterocycles. The molecule has 2 aromatic rings. The van der Waals surface area contributed by atoms with Crippen molar-refractivity contribution in [2.45, 2.75) is 45.8 Å². The highest BCUT2D eigenvalue weighted by Crippen LogP contribution is 2.19. The summed E-state index contributed by atoms with van der Waals surface area (Å²) in [6.45, 7) is 5.46. The van der Waals surface area contributed by atoms with Crippen molar-refractivity contribution in [2.24, 2.45) is 5.92 Å². The second-order valence-corrected chi connectivity index (χ2v) is 6.62. The van der Waals surface area contributed by atoms with Gasteiger partial charge in [0, 0.05) is 13.5 Å². The first-order valence-corrected chi connectivity index (χ1v) is 9.11. The van der Waals surface area contributed by atoms with E-state index in [9.17, 15) is 4.79 Å². The van der Waals surface area contributed by atoms with Gasteiger partial charge in [-0.15, -0.1) is 0 Å². The summed E-state index contributed by atoms with van der Waals surface area (Å²) >= 11 is 0. The fourth-order valence-electron chi connectivity index (χ4n) is 3.05. The third-order valence-corrected chi connectivity index (χ3v) is 4.37. The second kappa shape index (κ2) is 10.7. The van der Waals surface area contributed by atoms with Gasteiger partial charge in [0.15, 0.2) is 0 Å². The van der Waals surface area contributed by atoms with Crippen molar-refractivity contribution in [3.8, 4) is 0 Å². The normalized spacial score (nSPS) is 13.2. The first-order valence-electron chi connectivity index (χ1n) is 9.11. The zero-order chi connectivity index (χ0) is 17.9. The molecule has 0 spiro atoms. The average Bonchev–Trinajstić information content (AvgIpc) is 2.62. The maximum atomic E-state index is 11.4. The number of hydrogen-bond acceptors (Lipinski definition) is 3. The third kappa shape index (κ3) is 7.53. The Hall–Kier alpha value is -2.13. The standard InChI is InChI=1S/C22H29NO2/c1-18(16-20-10-5-3-6-11-20)22(25-19(2)24)14-9-15-23-17-21-12-7-4-8-13-21/h3-8,10-13,18,22-23H,9,14-17H2,1-2H3/t18-,22-/m0/s1. The Morgan fingerprint density at radius 2 is 1.60 bits per heavy atom. The van der Waals surface area contributed by atoms with E-state index in [2.05, 4.69) is 60.8 Å². The average molecular weight is 339 g/mol. The van der Waals surface area contributed by atoms with Gasteiger partial charge in [0.1, 0.15) is 6.10 Å². The van der Waals surface area contributed by atoms with Crippen molar-refractivity contribution in [3.05, 3.63) is 71.8 Å². The van der Waals surface area contributed by atoms with E-state index in [-0.39, 0.29) is 12.1 Å². The van der Waals surface area contributed by atoms with Crippen LogP contribution in [0.4, 0.5) is 0 Å². The molecule has 25 heavy (non-hydrogen) atoms. The minimum absolute atomic E-state index is 0.0313. The van der Waals surface area contributed by atoms with Gasteiger partial charge in [-0.05, 0) is 42.9 Å². The molecule has 2 rings (SSSR count). The lowest BCUT2D eigenvalue weighted by molar-refractivity contribution is -0.149. The highest BCUT2D eigenvalue weighted by molar-refractivity contribution is 5.66. The number of esters is 1. The first kappa shape index (κ1) is 19.2. The number of rotatable bonds is 10. The van der Waals surface area contributed by atoms with E-state index in [1.807, 2.05) is 12.1 Å². The van der Waals surface area contributed by atoms with E-state index >= 15 is 0 Å². The third-order valence-electron chi connectivity index (χ3n) is 4.37. The molecule has 1 N–H and O–H groups in total. The van der Waals surface area contributed by atoms with Gasteiger partial charge < -0.3 is 10.1 Å². The van der Waals surface area contributed by atoms with Crippen LogP contribution in [0.2, 0.25) is 0 Å². The summed E-state index contributed by atoms with van der Waals surface area (Å²) in [6.07, 6.45) is 2.77. The summed E-state index contributed by atoms with van der Waals surface area (Å²) < 4.78 is 5.58. The maximum Gasteiger partial charge on any atom is 0.302 e. The van der Waals surface area contributed by atoms with Crippen molar-refractivity contribution in [1.82, 2.24) is 5.32 Å². The Kier molecular flexibility index (Phi) is 8.20. The van der Waals surface area contributed by atoms with Crippen molar-refractivity contribution >= 4 is 5.97 Å². The highest BCUT2D eigenvalue weighted by Gasteiger charge is 2.20. The number of carbonyl (C=O) groups is 1. The van der Waals surface area contributed by atoms with E-state index in [1.165, 1.54) is 18.1 Å². The highest BCUT2D eigenvalue weighted by atomic mass is 16.5. The summed E-state index contributed by atoms with van der Waals surface area (Å²) in [5, 5.41) is 3.46. The molecule has 0 heterocycles. The fraction of sp³-hybridized carbons (Fsp3) is 0.409. The Balaban J connectivity index is 1.76. The zero-order valence-electron chi connectivity index (χ0n) is 15.3. The summed E-state index contributed by atoms with van der Waals surface area (Å²) in [7, 11) is 0. The monoisotopic (exact) mass is 339 g/mol. The molecule has 0 saturated heterocycles. The van der Waals surface area contributed by atoms with Crippen molar-refractivity contribution < 1.29 is 9.53 Å². The van der Waals surface area contributed by atoms with E-state index in [4.69, 9.17) is 4.74 Å². The number of carbonyl (C=O) groups excluding carboxylic acids is 1. The van der Waals surface area contributed by atoms with Gasteiger partial charge in [-0.1, -0.05) is 67.6 Å². The zero-order valence-corrected chi connectivity index (χ0v) is 15.3. The number of ether oxygens (including phenoxy) is 1. The lowest BCUT2D eigenvalue weighted by atomic mass is 9.93. The SMILES string of the molecule is CC(=O)O[C@@H](CCCNCc1ccccc1)[C@@H](C)Cc1ccccc1. The molecule has 0 saturated carbocycles. The minimum atomic E-state index is -0.192. The van der Waals surface area contributed by atoms with E-state index in [0.29, 0.717) is 5.92 Å². The molecular weight excluding hydrogens is 310 g/mol. The van der Waals surface area contributed by atoms with Gasteiger partial charge in [0.05, 0.1) is 0 Å². The van der Waals surface area contributed by atoms with Crippen molar-refractivity contribution in [2.75, 3.05) is 6.54 Å². The maximum absolute atomic E-state index is 11.4. The van der Waals surface area contributed by atoms with Gasteiger partial charge in [0.25, 0.3) is 0 Å². The van der Waals surface area contributed by atoms with Crippen LogP contribution in [0.3, 0.4) is 0 Å². The number of hydrogen-bond donors (Lipinski definition) is 1. The molecular formula is C22H29NO2. The Labute approximate surface area is 151 Å². The van der Waals surface area contributed by atoms with Crippen LogP contribution < -0.4 is 5.32 Å². The number of benzene rings is 2. The van der Waals surface area contributed by atoms with Crippen LogP contribution in [0.1, 0.15) is 37.8 Å². The van der Waals surface area contributed by atoms with Crippen LogP contribution >= 0.6 is 0 Å². The lowest BCUT2D eigenvalue weighted by Gasteiger charge is -2.24.